The number of hydrogen-bond acceptors (Lipinski definition) is 5. The number of ketones is 1. The quantitative estimate of drug-likeness (QED) is 0.431. The lowest BCUT2D eigenvalue weighted by molar-refractivity contribution is -0.196. The molecule has 1 aliphatic rings. The summed E-state index contributed by atoms with van der Waals surface area (Å²) in [6.45, 7) is 9.19. The monoisotopic (exact) mass is 458 g/mol. The molecular weight excluding hydrogens is 428 g/mol. The maximum Gasteiger partial charge on any atom is 0.303 e. The van der Waals surface area contributed by atoms with Crippen LogP contribution in [0.2, 0.25) is 5.02 Å². The van der Waals surface area contributed by atoms with Crippen molar-refractivity contribution in [1.82, 2.24) is 0 Å². The first-order valence-electron chi connectivity index (χ1n) is 11.1. The van der Waals surface area contributed by atoms with Crippen molar-refractivity contribution in [3.05, 3.63) is 63.7 Å². The van der Waals surface area contributed by atoms with Crippen LogP contribution < -0.4 is 0 Å². The fraction of sp³-hybridized carbons (Fsp3) is 0.462. The second kappa shape index (κ2) is 10.1. The van der Waals surface area contributed by atoms with Crippen molar-refractivity contribution in [3.63, 3.8) is 0 Å². The molecule has 0 aliphatic carbocycles. The Bertz CT molecular complexity index is 1000. The van der Waals surface area contributed by atoms with E-state index in [-0.39, 0.29) is 41.0 Å². The number of esters is 1. The van der Waals surface area contributed by atoms with Gasteiger partial charge in [-0.1, -0.05) is 50.6 Å². The minimum Gasteiger partial charge on any atom is -0.507 e. The van der Waals surface area contributed by atoms with Gasteiger partial charge in [0.1, 0.15) is 18.0 Å². The maximum absolute atomic E-state index is 11.8. The maximum atomic E-state index is 11.8. The fourth-order valence-corrected chi connectivity index (χ4v) is 4.69. The predicted molar refractivity (Wildman–Crippen MR) is 124 cm³/mol. The molecule has 5 atom stereocenters. The Hall–Kier alpha value is -2.37. The molecule has 2 aromatic rings. The van der Waals surface area contributed by atoms with Gasteiger partial charge in [-0.05, 0) is 60.6 Å². The Morgan fingerprint density at radius 2 is 1.81 bits per heavy atom. The Morgan fingerprint density at radius 3 is 2.44 bits per heavy atom. The van der Waals surface area contributed by atoms with Crippen molar-refractivity contribution in [2.75, 3.05) is 0 Å². The van der Waals surface area contributed by atoms with Crippen LogP contribution in [0, 0.1) is 11.8 Å². The normalized spacial score (nSPS) is 25.4. The molecule has 32 heavy (non-hydrogen) atoms. The number of ether oxygens (including phenoxy) is 2. The third-order valence-corrected chi connectivity index (χ3v) is 6.86. The highest BCUT2D eigenvalue weighted by Gasteiger charge is 2.43. The van der Waals surface area contributed by atoms with Gasteiger partial charge in [-0.15, -0.1) is 0 Å². The highest BCUT2D eigenvalue weighted by molar-refractivity contribution is 6.31. The zero-order chi connectivity index (χ0) is 23.6. The number of Topliss-reactive ketones (excluding diaryl/α,β-unsaturated/α-hetero) is 1. The van der Waals surface area contributed by atoms with E-state index in [9.17, 15) is 14.7 Å². The van der Waals surface area contributed by atoms with Gasteiger partial charge in [-0.25, -0.2) is 0 Å². The van der Waals surface area contributed by atoms with Crippen molar-refractivity contribution in [2.24, 2.45) is 11.8 Å². The summed E-state index contributed by atoms with van der Waals surface area (Å²) in [5.74, 6) is -0.161. The molecule has 1 N–H and O–H groups in total. The van der Waals surface area contributed by atoms with Gasteiger partial charge in [-0.3, -0.25) is 9.59 Å². The molecule has 5 nitrogen and oxygen atoms in total. The molecule has 3 rings (SSSR count). The summed E-state index contributed by atoms with van der Waals surface area (Å²) in [5.41, 5.74) is 2.92. The number of benzene rings is 2. The van der Waals surface area contributed by atoms with E-state index >= 15 is 0 Å². The molecule has 6 heteroatoms. The summed E-state index contributed by atoms with van der Waals surface area (Å²) in [4.78, 5) is 23.6. The fourth-order valence-electron chi connectivity index (χ4n) is 4.50. The summed E-state index contributed by atoms with van der Waals surface area (Å²) in [5, 5.41) is 10.5. The summed E-state index contributed by atoms with van der Waals surface area (Å²) in [6, 6.07) is 10.7. The summed E-state index contributed by atoms with van der Waals surface area (Å²) in [6.07, 6.45) is 0.643. The first-order chi connectivity index (χ1) is 15.1. The molecular formula is C26H31ClO5. The van der Waals surface area contributed by atoms with Crippen molar-refractivity contribution < 1.29 is 24.2 Å². The molecule has 0 spiro atoms. The molecule has 172 valence electrons. The minimum atomic E-state index is -0.391. The van der Waals surface area contributed by atoms with E-state index in [0.717, 1.165) is 23.1 Å². The van der Waals surface area contributed by atoms with Crippen LogP contribution in [0.15, 0.2) is 36.4 Å². The summed E-state index contributed by atoms with van der Waals surface area (Å²) < 4.78 is 12.1. The lowest BCUT2D eigenvalue weighted by Crippen LogP contribution is -2.46. The van der Waals surface area contributed by atoms with E-state index in [1.54, 1.807) is 12.1 Å². The Balaban J connectivity index is 1.96. The molecule has 1 aliphatic heterocycles. The number of aromatic hydroxyl groups is 1. The third kappa shape index (κ3) is 5.16. The largest absolute Gasteiger partial charge is 0.507 e. The van der Waals surface area contributed by atoms with E-state index in [1.807, 2.05) is 18.2 Å². The van der Waals surface area contributed by atoms with Crippen LogP contribution in [-0.2, 0) is 20.7 Å². The van der Waals surface area contributed by atoms with Crippen LogP contribution in [0.3, 0.4) is 0 Å². The predicted octanol–water partition coefficient (Wildman–Crippen LogP) is 5.89. The van der Waals surface area contributed by atoms with Gasteiger partial charge >= 0.3 is 5.97 Å². The number of rotatable bonds is 6. The smallest absolute Gasteiger partial charge is 0.303 e. The van der Waals surface area contributed by atoms with Crippen LogP contribution in [-0.4, -0.2) is 29.1 Å². The molecule has 1 saturated heterocycles. The molecule has 1 heterocycles. The average Bonchev–Trinajstić information content (AvgIpc) is 2.74. The Kier molecular flexibility index (Phi) is 7.63. The standard InChI is InChI=1S/C26H31ClO5/c1-6-24-14(2)15(3)25(31-17(5)29)26(32-24)19-8-9-22(27)20(13-19)11-18-7-10-23(30)21(12-18)16(4)28/h7-10,12-15,24-26,30H,6,11H2,1-5H3/t14-,15-,24+,25+,26-/m0/s1. The van der Waals surface area contributed by atoms with Gasteiger partial charge in [-0.2, -0.15) is 0 Å². The van der Waals surface area contributed by atoms with Gasteiger partial charge in [0.05, 0.1) is 11.7 Å². The second-order valence-electron chi connectivity index (χ2n) is 8.73. The van der Waals surface area contributed by atoms with Gasteiger partial charge in [0.15, 0.2) is 5.78 Å². The van der Waals surface area contributed by atoms with Crippen LogP contribution in [0.5, 0.6) is 5.75 Å². The molecule has 0 amide bonds. The first-order valence-corrected chi connectivity index (χ1v) is 11.4. The number of carbonyl (C=O) groups is 2. The molecule has 0 unspecified atom stereocenters. The van der Waals surface area contributed by atoms with Gasteiger partial charge in [0, 0.05) is 17.9 Å². The van der Waals surface area contributed by atoms with Crippen molar-refractivity contribution >= 4 is 23.4 Å². The third-order valence-electron chi connectivity index (χ3n) is 6.49. The summed E-state index contributed by atoms with van der Waals surface area (Å²) >= 11 is 6.50. The van der Waals surface area contributed by atoms with Crippen molar-refractivity contribution in [1.29, 1.82) is 0 Å². The molecule has 0 aromatic heterocycles. The van der Waals surface area contributed by atoms with Crippen molar-refractivity contribution in [2.45, 2.75) is 65.8 Å². The molecule has 0 bridgehead atoms. The van der Waals surface area contributed by atoms with Crippen LogP contribution in [0.25, 0.3) is 0 Å². The Labute approximate surface area is 194 Å². The first kappa shape index (κ1) is 24.3. The zero-order valence-corrected chi connectivity index (χ0v) is 20.0. The number of phenolic OH excluding ortho intramolecular Hbond substituents is 1. The van der Waals surface area contributed by atoms with Crippen LogP contribution in [0.4, 0.5) is 0 Å². The van der Waals surface area contributed by atoms with E-state index in [0.29, 0.717) is 11.4 Å². The van der Waals surface area contributed by atoms with Crippen molar-refractivity contribution in [3.8, 4) is 5.75 Å². The van der Waals surface area contributed by atoms with Gasteiger partial charge in [0.2, 0.25) is 0 Å². The van der Waals surface area contributed by atoms with Crippen LogP contribution in [0.1, 0.15) is 74.2 Å². The van der Waals surface area contributed by atoms with E-state index in [4.69, 9.17) is 21.1 Å². The summed E-state index contributed by atoms with van der Waals surface area (Å²) in [7, 11) is 0. The number of carbonyl (C=O) groups excluding carboxylic acids is 2. The number of phenols is 1. The highest BCUT2D eigenvalue weighted by atomic mass is 35.5. The van der Waals surface area contributed by atoms with Crippen LogP contribution >= 0.6 is 11.6 Å². The average molecular weight is 459 g/mol. The highest BCUT2D eigenvalue weighted by Crippen LogP contribution is 2.42. The molecule has 0 saturated carbocycles. The topological polar surface area (TPSA) is 72.8 Å². The minimum absolute atomic E-state index is 0.0327. The van der Waals surface area contributed by atoms with E-state index < -0.39 is 12.2 Å². The van der Waals surface area contributed by atoms with E-state index in [1.165, 1.54) is 19.9 Å². The molecule has 1 fully saturated rings. The molecule has 0 radical (unpaired) electrons. The second-order valence-corrected chi connectivity index (χ2v) is 9.14. The Morgan fingerprint density at radius 1 is 1.09 bits per heavy atom. The lowest BCUT2D eigenvalue weighted by Gasteiger charge is -2.44. The number of halogens is 1. The lowest BCUT2D eigenvalue weighted by atomic mass is 9.78. The number of hydrogen-bond donors (Lipinski definition) is 1. The molecule has 2 aromatic carbocycles. The van der Waals surface area contributed by atoms with E-state index in [2.05, 4.69) is 20.8 Å². The zero-order valence-electron chi connectivity index (χ0n) is 19.2. The van der Waals surface area contributed by atoms with Gasteiger partial charge in [0.25, 0.3) is 0 Å². The van der Waals surface area contributed by atoms with Gasteiger partial charge < -0.3 is 14.6 Å². The SMILES string of the molecule is CC[C@H]1O[C@@H](c2ccc(Cl)c(Cc3ccc(O)c(C(C)=O)c3)c2)[C@H](OC(C)=O)[C@@H](C)[C@@H]1C.